The van der Waals surface area contributed by atoms with Gasteiger partial charge in [0.05, 0.1) is 6.54 Å². The molecule has 3 nitrogen and oxygen atoms in total. The normalized spacial score (nSPS) is 12.0. The molecule has 0 aliphatic carbocycles. The summed E-state index contributed by atoms with van der Waals surface area (Å²) in [7, 11) is 0. The Morgan fingerprint density at radius 2 is 1.78 bits per heavy atom. The van der Waals surface area contributed by atoms with Gasteiger partial charge >= 0.3 is 0 Å². The minimum atomic E-state index is 1.00. The van der Waals surface area contributed by atoms with E-state index in [2.05, 4.69) is 4.99 Å². The van der Waals surface area contributed by atoms with E-state index < -0.39 is 0 Å². The van der Waals surface area contributed by atoms with E-state index in [1.165, 1.54) is 4.68 Å². The number of hydrogen-bond donors (Lipinski definition) is 1. The van der Waals surface area contributed by atoms with Gasteiger partial charge < -0.3 is 5.84 Å². The SMILES string of the molecule is C1=NC1.Nn1cccc1. The first kappa shape index (κ1) is 5.88. The molecule has 0 radical (unpaired) electrons. The van der Waals surface area contributed by atoms with Gasteiger partial charge in [0, 0.05) is 18.6 Å². The van der Waals surface area contributed by atoms with Gasteiger partial charge in [-0.1, -0.05) is 0 Å². The van der Waals surface area contributed by atoms with Crippen LogP contribution in [0, 0.1) is 0 Å². The van der Waals surface area contributed by atoms with E-state index in [-0.39, 0.29) is 0 Å². The van der Waals surface area contributed by atoms with Crippen LogP contribution < -0.4 is 5.84 Å². The monoisotopic (exact) mass is 123 g/mol. The van der Waals surface area contributed by atoms with Gasteiger partial charge in [0.1, 0.15) is 0 Å². The lowest BCUT2D eigenvalue weighted by Crippen LogP contribution is -2.02. The van der Waals surface area contributed by atoms with E-state index in [9.17, 15) is 0 Å². The van der Waals surface area contributed by atoms with E-state index in [1.807, 2.05) is 18.3 Å². The summed E-state index contributed by atoms with van der Waals surface area (Å²) < 4.78 is 1.50. The van der Waals surface area contributed by atoms with Gasteiger partial charge in [0.2, 0.25) is 0 Å². The molecule has 1 aromatic heterocycles. The van der Waals surface area contributed by atoms with Crippen molar-refractivity contribution in [3.8, 4) is 0 Å². The molecule has 0 fully saturated rings. The fourth-order valence-corrected chi connectivity index (χ4v) is 0.348. The van der Waals surface area contributed by atoms with Crippen molar-refractivity contribution in [3.05, 3.63) is 24.5 Å². The van der Waals surface area contributed by atoms with Crippen LogP contribution in [0.3, 0.4) is 0 Å². The lowest BCUT2D eigenvalue weighted by Gasteiger charge is -1.81. The van der Waals surface area contributed by atoms with E-state index >= 15 is 0 Å². The van der Waals surface area contributed by atoms with Crippen LogP contribution in [0.15, 0.2) is 29.5 Å². The smallest absolute Gasteiger partial charge is 0.0734 e. The van der Waals surface area contributed by atoms with Gasteiger partial charge in [-0.2, -0.15) is 0 Å². The molecule has 0 spiro atoms. The summed E-state index contributed by atoms with van der Waals surface area (Å²) in [6.07, 6.45) is 5.43. The largest absolute Gasteiger partial charge is 0.340 e. The van der Waals surface area contributed by atoms with Crippen LogP contribution in [0.5, 0.6) is 0 Å². The third kappa shape index (κ3) is 3.34. The number of nitrogen functional groups attached to an aromatic ring is 1. The molecular weight excluding hydrogens is 114 g/mol. The summed E-state index contributed by atoms with van der Waals surface area (Å²) >= 11 is 0. The molecule has 0 atom stereocenters. The molecule has 1 aromatic rings. The van der Waals surface area contributed by atoms with Gasteiger partial charge in [0.25, 0.3) is 0 Å². The van der Waals surface area contributed by atoms with E-state index in [1.54, 1.807) is 12.4 Å². The molecule has 3 heteroatoms. The zero-order valence-corrected chi connectivity index (χ0v) is 5.07. The van der Waals surface area contributed by atoms with Gasteiger partial charge in [-0.25, -0.2) is 0 Å². The minimum Gasteiger partial charge on any atom is -0.340 e. The van der Waals surface area contributed by atoms with Gasteiger partial charge in [-0.15, -0.1) is 0 Å². The maximum atomic E-state index is 5.19. The minimum absolute atomic E-state index is 1.00. The standard InChI is InChI=1S/C4H6N2.C2H3N/c5-6-3-1-2-4-6;1-2-3-1/h1-4H,5H2;1H,2H2. The molecule has 1 aliphatic rings. The number of aliphatic imine (C=N–C) groups is 1. The summed E-state index contributed by atoms with van der Waals surface area (Å²) in [5, 5.41) is 0. The molecule has 9 heavy (non-hydrogen) atoms. The van der Waals surface area contributed by atoms with Crippen molar-refractivity contribution < 1.29 is 0 Å². The first-order valence-electron chi connectivity index (χ1n) is 2.76. The molecule has 1 aliphatic heterocycles. The summed E-state index contributed by atoms with van der Waals surface area (Å²) in [4.78, 5) is 3.62. The molecule has 0 amide bonds. The second-order valence-corrected chi connectivity index (χ2v) is 1.68. The fraction of sp³-hybridized carbons (Fsp3) is 0.167. The fourth-order valence-electron chi connectivity index (χ4n) is 0.348. The average molecular weight is 123 g/mol. The molecule has 0 saturated heterocycles. The Morgan fingerprint density at radius 3 is 1.89 bits per heavy atom. The predicted octanol–water partition coefficient (Wildman–Crippen LogP) is 0.273. The third-order valence-electron chi connectivity index (χ3n) is 0.810. The summed E-state index contributed by atoms with van der Waals surface area (Å²) in [6, 6.07) is 3.75. The van der Waals surface area contributed by atoms with Gasteiger partial charge in [-0.3, -0.25) is 9.67 Å². The van der Waals surface area contributed by atoms with Crippen LogP contribution in [-0.4, -0.2) is 17.4 Å². The molecule has 0 saturated carbocycles. The van der Waals surface area contributed by atoms with Crippen LogP contribution in [0.4, 0.5) is 0 Å². The summed E-state index contributed by atoms with van der Waals surface area (Å²) in [5.41, 5.74) is 0. The van der Waals surface area contributed by atoms with Crippen LogP contribution in [-0.2, 0) is 0 Å². The van der Waals surface area contributed by atoms with Crippen molar-refractivity contribution in [2.75, 3.05) is 12.4 Å². The Morgan fingerprint density at radius 1 is 1.33 bits per heavy atom. The number of nitrogens with two attached hydrogens (primary N) is 1. The predicted molar refractivity (Wildman–Crippen MR) is 37.9 cm³/mol. The molecule has 2 rings (SSSR count). The zero-order valence-electron chi connectivity index (χ0n) is 5.07. The van der Waals surface area contributed by atoms with Crippen molar-refractivity contribution in [2.45, 2.75) is 0 Å². The van der Waals surface area contributed by atoms with Crippen molar-refractivity contribution in [1.82, 2.24) is 4.68 Å². The maximum absolute atomic E-state index is 5.19. The van der Waals surface area contributed by atoms with E-state index in [4.69, 9.17) is 5.84 Å². The van der Waals surface area contributed by atoms with Gasteiger partial charge in [-0.05, 0) is 12.1 Å². The Labute approximate surface area is 53.8 Å². The van der Waals surface area contributed by atoms with Crippen LogP contribution in [0.25, 0.3) is 0 Å². The number of aromatic nitrogens is 1. The van der Waals surface area contributed by atoms with Crippen LogP contribution in [0.2, 0.25) is 0 Å². The molecule has 2 heterocycles. The highest BCUT2D eigenvalue weighted by atomic mass is 15.3. The topological polar surface area (TPSA) is 43.3 Å². The molecular formula is C6H9N3. The molecule has 2 N–H and O–H groups in total. The van der Waals surface area contributed by atoms with Crippen molar-refractivity contribution >= 4 is 6.21 Å². The second-order valence-electron chi connectivity index (χ2n) is 1.68. The van der Waals surface area contributed by atoms with E-state index in [0.717, 1.165) is 6.54 Å². The number of nitrogens with zero attached hydrogens (tertiary/aromatic N) is 2. The lowest BCUT2D eigenvalue weighted by atomic mass is 10.7. The first-order chi connectivity index (χ1) is 4.39. The third-order valence-corrected chi connectivity index (χ3v) is 0.810. The highest BCUT2D eigenvalue weighted by Gasteiger charge is 1.76. The molecule has 0 unspecified atom stereocenters. The number of hydrogen-bond acceptors (Lipinski definition) is 2. The summed E-state index contributed by atoms with van der Waals surface area (Å²) in [5.74, 6) is 5.19. The molecule has 0 aromatic carbocycles. The van der Waals surface area contributed by atoms with Gasteiger partial charge in [0.15, 0.2) is 0 Å². The highest BCUT2D eigenvalue weighted by Crippen LogP contribution is 1.77. The van der Waals surface area contributed by atoms with Crippen molar-refractivity contribution in [3.63, 3.8) is 0 Å². The zero-order chi connectivity index (χ0) is 6.53. The number of rotatable bonds is 0. The average Bonchev–Trinajstić information content (AvgIpc) is 2.64. The van der Waals surface area contributed by atoms with Crippen molar-refractivity contribution in [1.29, 1.82) is 0 Å². The quantitative estimate of drug-likeness (QED) is 0.494. The van der Waals surface area contributed by atoms with E-state index in [0.29, 0.717) is 0 Å². The lowest BCUT2D eigenvalue weighted by molar-refractivity contribution is 1.02. The second kappa shape index (κ2) is 2.91. The maximum Gasteiger partial charge on any atom is 0.0734 e. The Kier molecular flexibility index (Phi) is 1.90. The molecule has 0 bridgehead atoms. The molecule has 48 valence electrons. The van der Waals surface area contributed by atoms with Crippen molar-refractivity contribution in [2.24, 2.45) is 4.99 Å². The Balaban J connectivity index is 0.000000112. The van der Waals surface area contributed by atoms with Crippen LogP contribution >= 0.6 is 0 Å². The Hall–Kier alpha value is -1.25. The summed E-state index contributed by atoms with van der Waals surface area (Å²) in [6.45, 7) is 1.00. The Bertz CT molecular complexity index is 172. The van der Waals surface area contributed by atoms with Crippen LogP contribution in [0.1, 0.15) is 0 Å². The highest BCUT2D eigenvalue weighted by molar-refractivity contribution is 5.71. The first-order valence-corrected chi connectivity index (χ1v) is 2.76.